The van der Waals surface area contributed by atoms with Crippen molar-refractivity contribution < 1.29 is 4.42 Å². The number of hydrogen-bond acceptors (Lipinski definition) is 5. The molecule has 0 fully saturated rings. The maximum atomic E-state index is 5.40. The van der Waals surface area contributed by atoms with E-state index in [-0.39, 0.29) is 0 Å². The van der Waals surface area contributed by atoms with E-state index in [2.05, 4.69) is 62.9 Å². The number of hydrogen-bond donors (Lipinski definition) is 0. The fourth-order valence-electron chi connectivity index (χ4n) is 3.05. The standard InChI is InChI=1S/C22H21N5O/c1-16-23-24-20(28-16)14-7-6-9-17-10-8-13-19(15-17)22-21(25-27(2)26-22)18-11-4-3-5-12-18/h3-6,8-13,15H,7,14H2,1-2H3/b9-6+. The Balaban J connectivity index is 1.54. The van der Waals surface area contributed by atoms with Crippen LogP contribution in [0.2, 0.25) is 0 Å². The molecule has 0 bridgehead atoms. The average Bonchev–Trinajstić information content (AvgIpc) is 3.31. The van der Waals surface area contributed by atoms with Crippen LogP contribution in [0.25, 0.3) is 28.6 Å². The number of allylic oxidation sites excluding steroid dienone is 1. The van der Waals surface area contributed by atoms with E-state index >= 15 is 0 Å². The molecule has 6 heteroatoms. The first kappa shape index (κ1) is 17.9. The lowest BCUT2D eigenvalue weighted by atomic mass is 10.0. The van der Waals surface area contributed by atoms with Gasteiger partial charge in [-0.1, -0.05) is 60.7 Å². The number of nitrogens with zero attached hydrogens (tertiary/aromatic N) is 5. The Labute approximate surface area is 163 Å². The van der Waals surface area contributed by atoms with Gasteiger partial charge in [-0.15, -0.1) is 10.2 Å². The minimum Gasteiger partial charge on any atom is -0.426 e. The highest BCUT2D eigenvalue weighted by atomic mass is 16.4. The summed E-state index contributed by atoms with van der Waals surface area (Å²) in [5.74, 6) is 1.27. The van der Waals surface area contributed by atoms with Gasteiger partial charge in [0, 0.05) is 31.5 Å². The molecule has 0 spiro atoms. The van der Waals surface area contributed by atoms with Gasteiger partial charge in [-0.05, 0) is 18.1 Å². The lowest BCUT2D eigenvalue weighted by Crippen LogP contribution is -1.92. The maximum Gasteiger partial charge on any atom is 0.216 e. The molecule has 2 aromatic heterocycles. The topological polar surface area (TPSA) is 69.6 Å². The first-order valence-electron chi connectivity index (χ1n) is 9.22. The molecule has 28 heavy (non-hydrogen) atoms. The van der Waals surface area contributed by atoms with E-state index in [9.17, 15) is 0 Å². The quantitative estimate of drug-likeness (QED) is 0.499. The van der Waals surface area contributed by atoms with Crippen LogP contribution < -0.4 is 0 Å². The molecule has 0 N–H and O–H groups in total. The Morgan fingerprint density at radius 3 is 2.43 bits per heavy atom. The molecule has 0 aliphatic carbocycles. The summed E-state index contributed by atoms with van der Waals surface area (Å²) >= 11 is 0. The molecule has 0 radical (unpaired) electrons. The Kier molecular flexibility index (Phi) is 5.10. The predicted molar refractivity (Wildman–Crippen MR) is 108 cm³/mol. The van der Waals surface area contributed by atoms with Crippen molar-refractivity contribution in [1.29, 1.82) is 0 Å². The highest BCUT2D eigenvalue weighted by Gasteiger charge is 2.13. The normalized spacial score (nSPS) is 11.4. The molecular weight excluding hydrogens is 350 g/mol. The average molecular weight is 371 g/mol. The number of benzene rings is 2. The molecule has 0 atom stereocenters. The van der Waals surface area contributed by atoms with Crippen LogP contribution in [0.4, 0.5) is 0 Å². The highest BCUT2D eigenvalue weighted by Crippen LogP contribution is 2.29. The third-order valence-electron chi connectivity index (χ3n) is 4.32. The molecule has 6 nitrogen and oxygen atoms in total. The van der Waals surface area contributed by atoms with Gasteiger partial charge < -0.3 is 4.42 Å². The van der Waals surface area contributed by atoms with E-state index in [0.717, 1.165) is 40.9 Å². The summed E-state index contributed by atoms with van der Waals surface area (Å²) < 4.78 is 5.40. The van der Waals surface area contributed by atoms with E-state index in [1.54, 1.807) is 11.7 Å². The monoisotopic (exact) mass is 371 g/mol. The van der Waals surface area contributed by atoms with Crippen LogP contribution in [0.5, 0.6) is 0 Å². The molecule has 0 saturated carbocycles. The summed E-state index contributed by atoms with van der Waals surface area (Å²) in [4.78, 5) is 1.62. The van der Waals surface area contributed by atoms with Gasteiger partial charge in [0.15, 0.2) is 0 Å². The Bertz CT molecular complexity index is 1100. The van der Waals surface area contributed by atoms with Crippen LogP contribution in [-0.2, 0) is 13.5 Å². The lowest BCUT2D eigenvalue weighted by Gasteiger charge is -2.03. The van der Waals surface area contributed by atoms with E-state index in [4.69, 9.17) is 4.42 Å². The molecule has 0 amide bonds. The van der Waals surface area contributed by atoms with Crippen molar-refractivity contribution >= 4 is 6.08 Å². The van der Waals surface area contributed by atoms with Crippen molar-refractivity contribution in [1.82, 2.24) is 25.2 Å². The second kappa shape index (κ2) is 8.00. The van der Waals surface area contributed by atoms with Gasteiger partial charge in [-0.2, -0.15) is 15.0 Å². The third-order valence-corrected chi connectivity index (χ3v) is 4.32. The van der Waals surface area contributed by atoms with Gasteiger partial charge in [0.05, 0.1) is 0 Å². The first-order valence-corrected chi connectivity index (χ1v) is 9.22. The molecule has 0 saturated heterocycles. The SMILES string of the molecule is Cc1nnc(CC/C=C/c2cccc(-c3nn(C)nc3-c3ccccc3)c2)o1. The van der Waals surface area contributed by atoms with Crippen molar-refractivity contribution in [3.05, 3.63) is 78.0 Å². The van der Waals surface area contributed by atoms with Crippen LogP contribution in [0, 0.1) is 6.92 Å². The van der Waals surface area contributed by atoms with Gasteiger partial charge in [0.25, 0.3) is 0 Å². The second-order valence-electron chi connectivity index (χ2n) is 6.53. The molecule has 0 unspecified atom stereocenters. The summed E-state index contributed by atoms with van der Waals surface area (Å²) in [7, 11) is 1.85. The Morgan fingerprint density at radius 2 is 1.68 bits per heavy atom. The van der Waals surface area contributed by atoms with Gasteiger partial charge in [0.1, 0.15) is 11.4 Å². The van der Waals surface area contributed by atoms with Crippen LogP contribution in [-0.4, -0.2) is 25.2 Å². The lowest BCUT2D eigenvalue weighted by molar-refractivity contribution is 0.468. The summed E-state index contributed by atoms with van der Waals surface area (Å²) in [5, 5.41) is 17.0. The second-order valence-corrected chi connectivity index (χ2v) is 6.53. The molecule has 2 heterocycles. The zero-order valence-corrected chi connectivity index (χ0v) is 15.9. The molecule has 4 rings (SSSR count). The summed E-state index contributed by atoms with van der Waals surface area (Å²) in [6, 6.07) is 18.4. The number of rotatable bonds is 6. The third kappa shape index (κ3) is 4.06. The minimum absolute atomic E-state index is 0.602. The Hall–Kier alpha value is -3.54. The van der Waals surface area contributed by atoms with Gasteiger partial charge >= 0.3 is 0 Å². The van der Waals surface area contributed by atoms with Crippen LogP contribution in [0.1, 0.15) is 23.8 Å². The highest BCUT2D eigenvalue weighted by molar-refractivity contribution is 5.78. The maximum absolute atomic E-state index is 5.40. The van der Waals surface area contributed by atoms with E-state index < -0.39 is 0 Å². The van der Waals surface area contributed by atoms with Gasteiger partial charge in [-0.25, -0.2) is 0 Å². The molecule has 2 aromatic carbocycles. The zero-order valence-electron chi connectivity index (χ0n) is 15.9. The molecular formula is C22H21N5O. The molecule has 140 valence electrons. The van der Waals surface area contributed by atoms with Crippen molar-refractivity contribution in [2.24, 2.45) is 7.05 Å². The van der Waals surface area contributed by atoms with Crippen molar-refractivity contribution in [2.75, 3.05) is 0 Å². The van der Waals surface area contributed by atoms with Crippen molar-refractivity contribution in [3.8, 4) is 22.5 Å². The van der Waals surface area contributed by atoms with Crippen LogP contribution in [0.15, 0.2) is 65.1 Å². The molecule has 4 aromatic rings. The van der Waals surface area contributed by atoms with Crippen molar-refractivity contribution in [2.45, 2.75) is 19.8 Å². The number of aromatic nitrogens is 5. The smallest absolute Gasteiger partial charge is 0.216 e. The van der Waals surface area contributed by atoms with Gasteiger partial charge in [0.2, 0.25) is 11.8 Å². The Morgan fingerprint density at radius 1 is 0.929 bits per heavy atom. The van der Waals surface area contributed by atoms with E-state index in [1.807, 2.05) is 31.3 Å². The van der Waals surface area contributed by atoms with Crippen LogP contribution in [0.3, 0.4) is 0 Å². The summed E-state index contributed by atoms with van der Waals surface area (Å²) in [6.45, 7) is 1.80. The largest absolute Gasteiger partial charge is 0.426 e. The fourth-order valence-corrected chi connectivity index (χ4v) is 3.05. The molecule has 0 aliphatic rings. The summed E-state index contributed by atoms with van der Waals surface area (Å²) in [6.07, 6.45) is 5.80. The van der Waals surface area contributed by atoms with Crippen molar-refractivity contribution in [3.63, 3.8) is 0 Å². The number of aryl methyl sites for hydroxylation is 3. The zero-order chi connectivity index (χ0) is 19.3. The minimum atomic E-state index is 0.602. The predicted octanol–water partition coefficient (Wildman–Crippen LogP) is 4.49. The van der Waals surface area contributed by atoms with Gasteiger partial charge in [-0.3, -0.25) is 0 Å². The van der Waals surface area contributed by atoms with E-state index in [1.165, 1.54) is 0 Å². The summed E-state index contributed by atoms with van der Waals surface area (Å²) in [5.41, 5.74) is 4.98. The first-order chi connectivity index (χ1) is 13.7. The van der Waals surface area contributed by atoms with E-state index in [0.29, 0.717) is 11.8 Å². The van der Waals surface area contributed by atoms with Crippen LogP contribution >= 0.6 is 0 Å². The fraction of sp³-hybridized carbons (Fsp3) is 0.182. The molecule has 0 aliphatic heterocycles.